The normalized spacial score (nSPS) is 11.6. The lowest BCUT2D eigenvalue weighted by Crippen LogP contribution is -2.41. The lowest BCUT2D eigenvalue weighted by atomic mass is 10.1. The Labute approximate surface area is 118 Å². The zero-order valence-corrected chi connectivity index (χ0v) is 12.1. The molecular weight excluding hydrogens is 260 g/mol. The quantitative estimate of drug-likeness (QED) is 0.914. The number of hydrogen-bond acceptors (Lipinski definition) is 2. The Balaban J connectivity index is 2.19. The third kappa shape index (κ3) is 3.93. The molecule has 4 heteroatoms. The lowest BCUT2D eigenvalue weighted by Gasteiger charge is -2.20. The average Bonchev–Trinajstić information content (AvgIpc) is 2.25. The summed E-state index contributed by atoms with van der Waals surface area (Å²) in [5, 5.41) is 4.59. The molecule has 1 aromatic carbocycles. The number of pyridine rings is 1. The minimum Gasteiger partial charge on any atom is -0.351 e. The summed E-state index contributed by atoms with van der Waals surface area (Å²) >= 11 is 5.94. The van der Waals surface area contributed by atoms with Crippen molar-refractivity contribution in [3.05, 3.63) is 41.0 Å². The van der Waals surface area contributed by atoms with Gasteiger partial charge in [0.2, 0.25) is 5.91 Å². The van der Waals surface area contributed by atoms with E-state index in [1.165, 1.54) is 0 Å². The molecule has 0 bridgehead atoms. The van der Waals surface area contributed by atoms with Crippen molar-refractivity contribution in [2.45, 2.75) is 32.7 Å². The first kappa shape index (κ1) is 13.8. The van der Waals surface area contributed by atoms with Gasteiger partial charge in [0.05, 0.1) is 17.6 Å². The number of halogens is 1. The highest BCUT2D eigenvalue weighted by molar-refractivity contribution is 6.31. The summed E-state index contributed by atoms with van der Waals surface area (Å²) in [4.78, 5) is 16.3. The minimum absolute atomic E-state index is 0.0265. The van der Waals surface area contributed by atoms with Crippen molar-refractivity contribution in [2.24, 2.45) is 0 Å². The maximum absolute atomic E-state index is 11.9. The van der Waals surface area contributed by atoms with E-state index in [9.17, 15) is 4.79 Å². The molecule has 1 aromatic heterocycles. The van der Waals surface area contributed by atoms with Gasteiger partial charge in [0, 0.05) is 15.9 Å². The van der Waals surface area contributed by atoms with Gasteiger partial charge >= 0.3 is 0 Å². The summed E-state index contributed by atoms with van der Waals surface area (Å²) in [6.07, 6.45) is 0.278. The van der Waals surface area contributed by atoms with Crippen molar-refractivity contribution >= 4 is 28.4 Å². The van der Waals surface area contributed by atoms with Crippen molar-refractivity contribution in [2.75, 3.05) is 0 Å². The topological polar surface area (TPSA) is 42.0 Å². The molecule has 1 amide bonds. The molecule has 0 fully saturated rings. The number of amides is 1. The first-order chi connectivity index (χ1) is 8.83. The van der Waals surface area contributed by atoms with Crippen LogP contribution in [-0.4, -0.2) is 16.4 Å². The second-order valence-electron chi connectivity index (χ2n) is 5.61. The first-order valence-electron chi connectivity index (χ1n) is 6.20. The van der Waals surface area contributed by atoms with Crippen LogP contribution < -0.4 is 5.32 Å². The molecular formula is C15H17ClN2O. The average molecular weight is 277 g/mol. The molecule has 0 aliphatic rings. The highest BCUT2D eigenvalue weighted by Gasteiger charge is 2.14. The highest BCUT2D eigenvalue weighted by atomic mass is 35.5. The monoisotopic (exact) mass is 276 g/mol. The largest absolute Gasteiger partial charge is 0.351 e. The van der Waals surface area contributed by atoms with E-state index in [1.54, 1.807) is 0 Å². The van der Waals surface area contributed by atoms with Gasteiger partial charge in [0.25, 0.3) is 0 Å². The molecule has 19 heavy (non-hydrogen) atoms. The molecule has 0 saturated heterocycles. The van der Waals surface area contributed by atoms with Crippen molar-refractivity contribution in [3.8, 4) is 0 Å². The summed E-state index contributed by atoms with van der Waals surface area (Å²) in [6.45, 7) is 5.87. The zero-order valence-electron chi connectivity index (χ0n) is 11.3. The molecule has 0 spiro atoms. The fraction of sp³-hybridized carbons (Fsp3) is 0.333. The van der Waals surface area contributed by atoms with E-state index >= 15 is 0 Å². The number of benzene rings is 1. The van der Waals surface area contributed by atoms with Crippen molar-refractivity contribution < 1.29 is 4.79 Å². The highest BCUT2D eigenvalue weighted by Crippen LogP contribution is 2.18. The van der Waals surface area contributed by atoms with E-state index in [0.29, 0.717) is 5.02 Å². The van der Waals surface area contributed by atoms with Crippen LogP contribution in [-0.2, 0) is 11.2 Å². The SMILES string of the molecule is CC(C)(C)NC(=O)Cc1ccc2ccc(Cl)cc2n1. The number of rotatable bonds is 2. The number of aromatic nitrogens is 1. The van der Waals surface area contributed by atoms with Gasteiger partial charge in [0.15, 0.2) is 0 Å². The van der Waals surface area contributed by atoms with Gasteiger partial charge in [-0.1, -0.05) is 23.7 Å². The van der Waals surface area contributed by atoms with Gasteiger partial charge in [-0.15, -0.1) is 0 Å². The van der Waals surface area contributed by atoms with E-state index in [4.69, 9.17) is 11.6 Å². The summed E-state index contributed by atoms with van der Waals surface area (Å²) in [6, 6.07) is 9.39. The Hall–Kier alpha value is -1.61. The summed E-state index contributed by atoms with van der Waals surface area (Å²) in [7, 11) is 0. The van der Waals surface area contributed by atoms with Gasteiger partial charge < -0.3 is 5.32 Å². The minimum atomic E-state index is -0.225. The number of nitrogens with one attached hydrogen (secondary N) is 1. The number of hydrogen-bond donors (Lipinski definition) is 1. The van der Waals surface area contributed by atoms with Gasteiger partial charge in [-0.05, 0) is 39.0 Å². The zero-order chi connectivity index (χ0) is 14.0. The predicted molar refractivity (Wildman–Crippen MR) is 78.4 cm³/mol. The van der Waals surface area contributed by atoms with E-state index in [2.05, 4.69) is 10.3 Å². The van der Waals surface area contributed by atoms with Crippen LogP contribution >= 0.6 is 11.6 Å². The van der Waals surface area contributed by atoms with E-state index < -0.39 is 0 Å². The maximum atomic E-state index is 11.9. The Morgan fingerprint density at radius 1 is 1.26 bits per heavy atom. The summed E-state index contributed by atoms with van der Waals surface area (Å²) < 4.78 is 0. The van der Waals surface area contributed by atoms with E-state index in [1.807, 2.05) is 51.1 Å². The second kappa shape index (κ2) is 5.17. The number of nitrogens with zero attached hydrogens (tertiary/aromatic N) is 1. The van der Waals surface area contributed by atoms with Crippen LogP contribution in [0.25, 0.3) is 10.9 Å². The summed E-state index contributed by atoms with van der Waals surface area (Å²) in [5.74, 6) is -0.0265. The molecule has 1 heterocycles. The number of carbonyl (C=O) groups excluding carboxylic acids is 1. The fourth-order valence-corrected chi connectivity index (χ4v) is 2.02. The van der Waals surface area contributed by atoms with Gasteiger partial charge in [-0.2, -0.15) is 0 Å². The van der Waals surface area contributed by atoms with Crippen LogP contribution in [0.1, 0.15) is 26.5 Å². The molecule has 100 valence electrons. The van der Waals surface area contributed by atoms with Crippen LogP contribution in [0, 0.1) is 0 Å². The Morgan fingerprint density at radius 2 is 1.95 bits per heavy atom. The maximum Gasteiger partial charge on any atom is 0.226 e. The molecule has 0 saturated carbocycles. The Morgan fingerprint density at radius 3 is 2.63 bits per heavy atom. The Bertz CT molecular complexity index is 617. The van der Waals surface area contributed by atoms with Gasteiger partial charge in [-0.3, -0.25) is 9.78 Å². The molecule has 0 unspecified atom stereocenters. The fourth-order valence-electron chi connectivity index (χ4n) is 1.86. The lowest BCUT2D eigenvalue weighted by molar-refractivity contribution is -0.121. The molecule has 3 nitrogen and oxygen atoms in total. The van der Waals surface area contributed by atoms with Crippen LogP contribution in [0.15, 0.2) is 30.3 Å². The molecule has 0 aliphatic heterocycles. The van der Waals surface area contributed by atoms with Crippen molar-refractivity contribution in [3.63, 3.8) is 0 Å². The van der Waals surface area contributed by atoms with E-state index in [0.717, 1.165) is 16.6 Å². The molecule has 2 rings (SSSR count). The Kier molecular flexibility index (Phi) is 3.76. The van der Waals surface area contributed by atoms with Gasteiger partial charge in [0.1, 0.15) is 0 Å². The molecule has 0 aliphatic carbocycles. The number of fused-ring (bicyclic) bond motifs is 1. The third-order valence-electron chi connectivity index (χ3n) is 2.57. The first-order valence-corrected chi connectivity index (χ1v) is 6.57. The van der Waals surface area contributed by atoms with Crippen molar-refractivity contribution in [1.29, 1.82) is 0 Å². The predicted octanol–water partition coefficient (Wildman–Crippen LogP) is 3.35. The van der Waals surface area contributed by atoms with Crippen molar-refractivity contribution in [1.82, 2.24) is 10.3 Å². The molecule has 0 radical (unpaired) electrons. The van der Waals surface area contributed by atoms with Crippen LogP contribution in [0.5, 0.6) is 0 Å². The standard InChI is InChI=1S/C15H17ClN2O/c1-15(2,3)18-14(19)9-12-7-5-10-4-6-11(16)8-13(10)17-12/h4-8H,9H2,1-3H3,(H,18,19). The van der Waals surface area contributed by atoms with E-state index in [-0.39, 0.29) is 17.9 Å². The second-order valence-corrected chi connectivity index (χ2v) is 6.05. The van der Waals surface area contributed by atoms with Crippen LogP contribution in [0.4, 0.5) is 0 Å². The third-order valence-corrected chi connectivity index (χ3v) is 2.80. The molecule has 0 atom stereocenters. The van der Waals surface area contributed by atoms with Crippen LogP contribution in [0.3, 0.4) is 0 Å². The molecule has 2 aromatic rings. The van der Waals surface area contributed by atoms with Gasteiger partial charge in [-0.25, -0.2) is 0 Å². The smallest absolute Gasteiger partial charge is 0.226 e. The van der Waals surface area contributed by atoms with Crippen LogP contribution in [0.2, 0.25) is 5.02 Å². The molecule has 1 N–H and O–H groups in total. The summed E-state index contributed by atoms with van der Waals surface area (Å²) in [5.41, 5.74) is 1.34. The number of carbonyl (C=O) groups is 1.